The summed E-state index contributed by atoms with van der Waals surface area (Å²) in [6, 6.07) is 11.2. The number of nitrogens with zero attached hydrogens (tertiary/aromatic N) is 2. The molecule has 3 rings (SSSR count). The molecular formula is C19H23N3O3. The van der Waals surface area contributed by atoms with Crippen LogP contribution in [0.25, 0.3) is 11.3 Å². The highest BCUT2D eigenvalue weighted by Crippen LogP contribution is 2.16. The molecule has 2 aromatic rings. The number of ether oxygens (including phenoxy) is 1. The Hall–Kier alpha value is -2.47. The van der Waals surface area contributed by atoms with Crippen molar-refractivity contribution in [2.24, 2.45) is 0 Å². The molecule has 1 unspecified atom stereocenters. The van der Waals surface area contributed by atoms with Gasteiger partial charge >= 0.3 is 0 Å². The lowest BCUT2D eigenvalue weighted by Gasteiger charge is -2.11. The van der Waals surface area contributed by atoms with Gasteiger partial charge in [-0.25, -0.2) is 4.68 Å². The van der Waals surface area contributed by atoms with Crippen LogP contribution in [-0.2, 0) is 22.5 Å². The van der Waals surface area contributed by atoms with Gasteiger partial charge in [-0.3, -0.25) is 9.59 Å². The number of aromatic nitrogens is 2. The van der Waals surface area contributed by atoms with Gasteiger partial charge in [-0.1, -0.05) is 31.2 Å². The standard InChI is InChI=1S/C19H23N3O3/c1-2-14-5-7-15(8-6-14)17-9-10-19(24)22(21-17)13-18(23)20-12-16-4-3-11-25-16/h5-10,16H,2-4,11-13H2,1H3,(H,20,23). The van der Waals surface area contributed by atoms with E-state index in [4.69, 9.17) is 4.74 Å². The van der Waals surface area contributed by atoms with Gasteiger partial charge in [-0.05, 0) is 30.9 Å². The van der Waals surface area contributed by atoms with Gasteiger partial charge in [0.1, 0.15) is 6.54 Å². The molecule has 6 heteroatoms. The fourth-order valence-electron chi connectivity index (χ4n) is 2.85. The van der Waals surface area contributed by atoms with Crippen molar-refractivity contribution in [3.05, 3.63) is 52.3 Å². The van der Waals surface area contributed by atoms with Crippen molar-refractivity contribution >= 4 is 5.91 Å². The first-order valence-corrected chi connectivity index (χ1v) is 8.71. The fourth-order valence-corrected chi connectivity index (χ4v) is 2.85. The average Bonchev–Trinajstić information content (AvgIpc) is 3.15. The zero-order valence-corrected chi connectivity index (χ0v) is 14.4. The lowest BCUT2D eigenvalue weighted by molar-refractivity contribution is -0.122. The Balaban J connectivity index is 1.68. The molecule has 0 aliphatic carbocycles. The molecule has 1 fully saturated rings. The molecule has 1 aliphatic heterocycles. The smallest absolute Gasteiger partial charge is 0.267 e. The molecule has 2 heterocycles. The molecule has 1 aliphatic rings. The summed E-state index contributed by atoms with van der Waals surface area (Å²) in [4.78, 5) is 24.1. The molecule has 1 aromatic carbocycles. The second-order valence-corrected chi connectivity index (χ2v) is 6.20. The van der Waals surface area contributed by atoms with Gasteiger partial charge in [0.05, 0.1) is 11.8 Å². The Morgan fingerprint density at radius 2 is 2.08 bits per heavy atom. The SMILES string of the molecule is CCc1ccc(-c2ccc(=O)n(CC(=O)NCC3CCCO3)n2)cc1. The summed E-state index contributed by atoms with van der Waals surface area (Å²) in [7, 11) is 0. The van der Waals surface area contributed by atoms with E-state index in [0.717, 1.165) is 31.4 Å². The zero-order chi connectivity index (χ0) is 17.6. The average molecular weight is 341 g/mol. The molecule has 25 heavy (non-hydrogen) atoms. The third kappa shape index (κ3) is 4.54. The van der Waals surface area contributed by atoms with Crippen molar-refractivity contribution in [2.45, 2.75) is 38.8 Å². The number of benzene rings is 1. The van der Waals surface area contributed by atoms with E-state index < -0.39 is 0 Å². The van der Waals surface area contributed by atoms with E-state index in [1.54, 1.807) is 6.07 Å². The lowest BCUT2D eigenvalue weighted by atomic mass is 10.1. The lowest BCUT2D eigenvalue weighted by Crippen LogP contribution is -2.37. The van der Waals surface area contributed by atoms with Gasteiger partial charge < -0.3 is 10.1 Å². The molecule has 1 aromatic heterocycles. The van der Waals surface area contributed by atoms with Crippen LogP contribution in [0.5, 0.6) is 0 Å². The Labute approximate surface area is 146 Å². The Morgan fingerprint density at radius 3 is 2.76 bits per heavy atom. The summed E-state index contributed by atoms with van der Waals surface area (Å²) in [6.07, 6.45) is 3.04. The predicted molar refractivity (Wildman–Crippen MR) is 95.3 cm³/mol. The first kappa shape index (κ1) is 17.4. The van der Waals surface area contributed by atoms with Gasteiger partial charge in [-0.15, -0.1) is 0 Å². The van der Waals surface area contributed by atoms with Gasteiger partial charge in [0.2, 0.25) is 5.91 Å². The van der Waals surface area contributed by atoms with Crippen molar-refractivity contribution in [1.82, 2.24) is 15.1 Å². The zero-order valence-electron chi connectivity index (χ0n) is 14.4. The maximum atomic E-state index is 12.1. The van der Waals surface area contributed by atoms with Crippen LogP contribution in [0.1, 0.15) is 25.3 Å². The third-order valence-corrected chi connectivity index (χ3v) is 4.37. The van der Waals surface area contributed by atoms with Crippen LogP contribution in [0, 0.1) is 0 Å². The first-order valence-electron chi connectivity index (χ1n) is 8.71. The Morgan fingerprint density at radius 1 is 1.28 bits per heavy atom. The van der Waals surface area contributed by atoms with Crippen LogP contribution in [0.4, 0.5) is 0 Å². The minimum atomic E-state index is -0.291. The summed E-state index contributed by atoms with van der Waals surface area (Å²) in [5.74, 6) is -0.233. The van der Waals surface area contributed by atoms with Crippen molar-refractivity contribution in [1.29, 1.82) is 0 Å². The van der Waals surface area contributed by atoms with E-state index in [0.29, 0.717) is 12.2 Å². The minimum absolute atomic E-state index is 0.0806. The van der Waals surface area contributed by atoms with Gasteiger partial charge in [0.15, 0.2) is 0 Å². The third-order valence-electron chi connectivity index (χ3n) is 4.37. The Bertz CT molecular complexity index is 777. The van der Waals surface area contributed by atoms with Gasteiger partial charge in [0, 0.05) is 24.8 Å². The second kappa shape index (κ2) is 8.07. The predicted octanol–water partition coefficient (Wildman–Crippen LogP) is 1.77. The van der Waals surface area contributed by atoms with E-state index in [2.05, 4.69) is 17.3 Å². The number of carbonyl (C=O) groups is 1. The molecule has 132 valence electrons. The highest BCUT2D eigenvalue weighted by Gasteiger charge is 2.16. The molecule has 1 saturated heterocycles. The maximum absolute atomic E-state index is 12.1. The second-order valence-electron chi connectivity index (χ2n) is 6.20. The van der Waals surface area contributed by atoms with Crippen LogP contribution in [-0.4, -0.2) is 34.9 Å². The van der Waals surface area contributed by atoms with E-state index in [1.165, 1.54) is 16.3 Å². The van der Waals surface area contributed by atoms with E-state index in [-0.39, 0.29) is 24.1 Å². The van der Waals surface area contributed by atoms with Gasteiger partial charge in [-0.2, -0.15) is 5.10 Å². The maximum Gasteiger partial charge on any atom is 0.267 e. The quantitative estimate of drug-likeness (QED) is 0.869. The molecule has 1 N–H and O–H groups in total. The normalized spacial score (nSPS) is 16.8. The summed E-state index contributed by atoms with van der Waals surface area (Å²) in [6.45, 7) is 3.24. The summed E-state index contributed by atoms with van der Waals surface area (Å²) < 4.78 is 6.68. The number of carbonyl (C=O) groups excluding carboxylic acids is 1. The fraction of sp³-hybridized carbons (Fsp3) is 0.421. The molecular weight excluding hydrogens is 318 g/mol. The highest BCUT2D eigenvalue weighted by atomic mass is 16.5. The van der Waals surface area contributed by atoms with Crippen LogP contribution in [0.3, 0.4) is 0 Å². The summed E-state index contributed by atoms with van der Waals surface area (Å²) in [5.41, 5.74) is 2.55. The van der Waals surface area contributed by atoms with Crippen molar-refractivity contribution < 1.29 is 9.53 Å². The number of hydrogen-bond donors (Lipinski definition) is 1. The molecule has 0 bridgehead atoms. The van der Waals surface area contributed by atoms with Crippen molar-refractivity contribution in [3.63, 3.8) is 0 Å². The Kier molecular flexibility index (Phi) is 5.60. The molecule has 0 spiro atoms. The van der Waals surface area contributed by atoms with E-state index >= 15 is 0 Å². The van der Waals surface area contributed by atoms with Crippen LogP contribution in [0.2, 0.25) is 0 Å². The monoisotopic (exact) mass is 341 g/mol. The number of rotatable bonds is 6. The van der Waals surface area contributed by atoms with Crippen molar-refractivity contribution in [2.75, 3.05) is 13.2 Å². The topological polar surface area (TPSA) is 73.2 Å². The molecule has 6 nitrogen and oxygen atoms in total. The van der Waals surface area contributed by atoms with E-state index in [1.807, 2.05) is 24.3 Å². The molecule has 0 saturated carbocycles. The van der Waals surface area contributed by atoms with E-state index in [9.17, 15) is 9.59 Å². The molecule has 1 amide bonds. The summed E-state index contributed by atoms with van der Waals surface area (Å²) >= 11 is 0. The number of nitrogens with one attached hydrogen (secondary N) is 1. The number of hydrogen-bond acceptors (Lipinski definition) is 4. The van der Waals surface area contributed by atoms with Gasteiger partial charge in [0.25, 0.3) is 5.56 Å². The minimum Gasteiger partial charge on any atom is -0.376 e. The van der Waals surface area contributed by atoms with Crippen LogP contribution in [0.15, 0.2) is 41.2 Å². The largest absolute Gasteiger partial charge is 0.376 e. The number of amides is 1. The van der Waals surface area contributed by atoms with Crippen LogP contribution < -0.4 is 10.9 Å². The highest BCUT2D eigenvalue weighted by molar-refractivity contribution is 5.75. The number of aryl methyl sites for hydroxylation is 1. The molecule has 0 radical (unpaired) electrons. The first-order chi connectivity index (χ1) is 12.2. The summed E-state index contributed by atoms with van der Waals surface area (Å²) in [5, 5.41) is 7.14. The van der Waals surface area contributed by atoms with Crippen LogP contribution >= 0.6 is 0 Å². The van der Waals surface area contributed by atoms with Crippen molar-refractivity contribution in [3.8, 4) is 11.3 Å². The molecule has 1 atom stereocenters.